The van der Waals surface area contributed by atoms with Crippen LogP contribution >= 0.6 is 0 Å². The summed E-state index contributed by atoms with van der Waals surface area (Å²) in [4.78, 5) is 2.43. The maximum absolute atomic E-state index is 5.33. The Balaban J connectivity index is 1.65. The summed E-state index contributed by atoms with van der Waals surface area (Å²) in [6, 6.07) is 12.9. The van der Waals surface area contributed by atoms with Crippen molar-refractivity contribution in [2.24, 2.45) is 0 Å². The van der Waals surface area contributed by atoms with Crippen molar-refractivity contribution in [3.63, 3.8) is 0 Å². The van der Waals surface area contributed by atoms with Crippen molar-refractivity contribution >= 4 is 0 Å². The molecule has 0 atom stereocenters. The molecule has 0 bridgehead atoms. The summed E-state index contributed by atoms with van der Waals surface area (Å²) in [5.41, 5.74) is 2.74. The first kappa shape index (κ1) is 16.8. The van der Waals surface area contributed by atoms with Gasteiger partial charge in [0.15, 0.2) is 0 Å². The molecule has 1 N–H and O–H groups in total. The Morgan fingerprint density at radius 3 is 2.36 bits per heavy atom. The van der Waals surface area contributed by atoms with Crippen molar-refractivity contribution in [2.45, 2.75) is 39.8 Å². The molecule has 2 aromatic rings. The van der Waals surface area contributed by atoms with E-state index in [1.54, 1.807) is 6.26 Å². The first-order valence-corrected chi connectivity index (χ1v) is 8.35. The van der Waals surface area contributed by atoms with E-state index in [0.29, 0.717) is 0 Å². The zero-order valence-corrected chi connectivity index (χ0v) is 13.8. The second-order valence-corrected chi connectivity index (χ2v) is 5.64. The molecule has 1 aromatic carbocycles. The number of rotatable bonds is 10. The molecule has 0 saturated heterocycles. The van der Waals surface area contributed by atoms with Gasteiger partial charge >= 0.3 is 0 Å². The lowest BCUT2D eigenvalue weighted by Crippen LogP contribution is -2.22. The topological polar surface area (TPSA) is 28.4 Å². The number of hydrogen-bond acceptors (Lipinski definition) is 3. The molecule has 22 heavy (non-hydrogen) atoms. The minimum atomic E-state index is 0.934. The predicted octanol–water partition coefficient (Wildman–Crippen LogP) is 3.84. The molecule has 0 aliphatic heterocycles. The molecule has 0 amide bonds. The third kappa shape index (κ3) is 5.66. The van der Waals surface area contributed by atoms with Crippen LogP contribution in [-0.2, 0) is 19.5 Å². The fraction of sp³-hybridized carbons (Fsp3) is 0.474. The lowest BCUT2D eigenvalue weighted by molar-refractivity contribution is 0.296. The van der Waals surface area contributed by atoms with Gasteiger partial charge in [0.05, 0.1) is 6.26 Å². The van der Waals surface area contributed by atoms with Crippen LogP contribution in [0.1, 0.15) is 37.2 Å². The highest BCUT2D eigenvalue weighted by atomic mass is 16.3. The van der Waals surface area contributed by atoms with Gasteiger partial charge in [-0.1, -0.05) is 38.1 Å². The third-order valence-corrected chi connectivity index (χ3v) is 4.01. The molecule has 0 unspecified atom stereocenters. The Labute approximate surface area is 134 Å². The van der Waals surface area contributed by atoms with Crippen LogP contribution in [0.3, 0.4) is 0 Å². The zero-order valence-electron chi connectivity index (χ0n) is 13.8. The Hall–Kier alpha value is -1.58. The first-order valence-electron chi connectivity index (χ1n) is 8.35. The third-order valence-electron chi connectivity index (χ3n) is 4.01. The van der Waals surface area contributed by atoms with Crippen LogP contribution in [0.15, 0.2) is 47.1 Å². The minimum Gasteiger partial charge on any atom is -0.469 e. The molecule has 120 valence electrons. The summed E-state index contributed by atoms with van der Waals surface area (Å²) >= 11 is 0. The number of aryl methyl sites for hydroxylation is 1. The highest BCUT2D eigenvalue weighted by Gasteiger charge is 2.01. The summed E-state index contributed by atoms with van der Waals surface area (Å²) in [5.74, 6) is 1.07. The molecule has 0 saturated carbocycles. The minimum absolute atomic E-state index is 0.934. The molecule has 0 radical (unpaired) electrons. The van der Waals surface area contributed by atoms with Gasteiger partial charge in [0, 0.05) is 19.5 Å². The fourth-order valence-electron chi connectivity index (χ4n) is 2.54. The summed E-state index contributed by atoms with van der Waals surface area (Å²) in [6.45, 7) is 9.63. The molecule has 0 fully saturated rings. The summed E-state index contributed by atoms with van der Waals surface area (Å²) < 4.78 is 5.33. The number of nitrogens with zero attached hydrogens (tertiary/aromatic N) is 1. The predicted molar refractivity (Wildman–Crippen MR) is 91.8 cm³/mol. The number of benzene rings is 1. The summed E-state index contributed by atoms with van der Waals surface area (Å²) in [7, 11) is 0. The molecule has 1 heterocycles. The van der Waals surface area contributed by atoms with Gasteiger partial charge in [-0.2, -0.15) is 0 Å². The van der Waals surface area contributed by atoms with E-state index < -0.39 is 0 Å². The van der Waals surface area contributed by atoms with Gasteiger partial charge in [-0.25, -0.2) is 0 Å². The van der Waals surface area contributed by atoms with Crippen LogP contribution in [0.5, 0.6) is 0 Å². The van der Waals surface area contributed by atoms with Gasteiger partial charge in [-0.15, -0.1) is 0 Å². The van der Waals surface area contributed by atoms with Gasteiger partial charge in [0.2, 0.25) is 0 Å². The molecular formula is C19H28N2O. The van der Waals surface area contributed by atoms with Gasteiger partial charge in [-0.05, 0) is 49.3 Å². The molecule has 0 aliphatic rings. The van der Waals surface area contributed by atoms with Crippen LogP contribution in [0.2, 0.25) is 0 Å². The van der Waals surface area contributed by atoms with Crippen LogP contribution < -0.4 is 5.32 Å². The van der Waals surface area contributed by atoms with Crippen molar-refractivity contribution in [1.82, 2.24) is 10.2 Å². The highest BCUT2D eigenvalue weighted by molar-refractivity contribution is 5.22. The summed E-state index contributed by atoms with van der Waals surface area (Å²) in [6.07, 6.45) is 3.85. The molecular weight excluding hydrogens is 272 g/mol. The maximum atomic E-state index is 5.33. The van der Waals surface area contributed by atoms with Crippen molar-refractivity contribution < 1.29 is 4.42 Å². The van der Waals surface area contributed by atoms with Gasteiger partial charge in [-0.3, -0.25) is 4.90 Å². The van der Waals surface area contributed by atoms with Gasteiger partial charge < -0.3 is 9.73 Å². The Kier molecular flexibility index (Phi) is 7.20. The van der Waals surface area contributed by atoms with Crippen LogP contribution in [0.4, 0.5) is 0 Å². The van der Waals surface area contributed by atoms with Crippen LogP contribution in [0.25, 0.3) is 0 Å². The van der Waals surface area contributed by atoms with Crippen LogP contribution in [-0.4, -0.2) is 24.5 Å². The van der Waals surface area contributed by atoms with E-state index >= 15 is 0 Å². The van der Waals surface area contributed by atoms with Crippen molar-refractivity contribution in [3.05, 3.63) is 59.5 Å². The molecule has 3 heteroatoms. The van der Waals surface area contributed by atoms with Crippen molar-refractivity contribution in [1.29, 1.82) is 0 Å². The highest BCUT2D eigenvalue weighted by Crippen LogP contribution is 2.08. The van der Waals surface area contributed by atoms with Crippen molar-refractivity contribution in [2.75, 3.05) is 19.6 Å². The lowest BCUT2D eigenvalue weighted by atomic mass is 10.1. The molecule has 3 nitrogen and oxygen atoms in total. The quantitative estimate of drug-likeness (QED) is 0.676. The SMILES string of the molecule is CCN(CC)Cc1ccc(CNCCCc2ccco2)cc1. The van der Waals surface area contributed by atoms with E-state index in [9.17, 15) is 0 Å². The Bertz CT molecular complexity index is 501. The second-order valence-electron chi connectivity index (χ2n) is 5.64. The zero-order chi connectivity index (χ0) is 15.6. The molecule has 1 aromatic heterocycles. The number of hydrogen-bond donors (Lipinski definition) is 1. The normalized spacial score (nSPS) is 11.2. The maximum Gasteiger partial charge on any atom is 0.103 e. The summed E-state index contributed by atoms with van der Waals surface area (Å²) in [5, 5.41) is 3.49. The largest absolute Gasteiger partial charge is 0.469 e. The fourth-order valence-corrected chi connectivity index (χ4v) is 2.54. The number of nitrogens with one attached hydrogen (secondary N) is 1. The van der Waals surface area contributed by atoms with E-state index in [2.05, 4.69) is 48.3 Å². The van der Waals surface area contributed by atoms with Crippen LogP contribution in [0, 0.1) is 0 Å². The average molecular weight is 300 g/mol. The first-order chi connectivity index (χ1) is 10.8. The van der Waals surface area contributed by atoms with E-state index in [0.717, 1.165) is 51.3 Å². The number of furan rings is 1. The van der Waals surface area contributed by atoms with Gasteiger partial charge in [0.25, 0.3) is 0 Å². The van der Waals surface area contributed by atoms with Crippen molar-refractivity contribution in [3.8, 4) is 0 Å². The van der Waals surface area contributed by atoms with E-state index in [1.165, 1.54) is 11.1 Å². The van der Waals surface area contributed by atoms with E-state index in [-0.39, 0.29) is 0 Å². The monoisotopic (exact) mass is 300 g/mol. The van der Waals surface area contributed by atoms with E-state index in [4.69, 9.17) is 4.42 Å². The molecule has 0 spiro atoms. The van der Waals surface area contributed by atoms with Gasteiger partial charge in [0.1, 0.15) is 5.76 Å². The standard InChI is InChI=1S/C19H28N2O/c1-3-21(4-2)16-18-11-9-17(10-12-18)15-20-13-5-7-19-8-6-14-22-19/h6,8-12,14,20H,3-5,7,13,15-16H2,1-2H3. The Morgan fingerprint density at radius 2 is 1.73 bits per heavy atom. The van der Waals surface area contributed by atoms with E-state index in [1.807, 2.05) is 12.1 Å². The second kappa shape index (κ2) is 9.44. The smallest absolute Gasteiger partial charge is 0.103 e. The molecule has 0 aliphatic carbocycles. The lowest BCUT2D eigenvalue weighted by Gasteiger charge is -2.18. The average Bonchev–Trinajstić information content (AvgIpc) is 3.07. The Morgan fingerprint density at radius 1 is 1.00 bits per heavy atom. The molecule has 2 rings (SSSR count).